The minimum atomic E-state index is 0. The third-order valence-electron chi connectivity index (χ3n) is 3.19. The summed E-state index contributed by atoms with van der Waals surface area (Å²) in [6.45, 7) is 6.42. The van der Waals surface area contributed by atoms with Crippen LogP contribution in [-0.2, 0) is 13.1 Å². The minimum absolute atomic E-state index is 0. The second-order valence-corrected chi connectivity index (χ2v) is 4.57. The van der Waals surface area contributed by atoms with Crippen molar-refractivity contribution in [2.45, 2.75) is 26.9 Å². The van der Waals surface area contributed by atoms with Gasteiger partial charge in [0.15, 0.2) is 12.4 Å². The average Bonchev–Trinajstić information content (AvgIpc) is 2.28. The first-order chi connectivity index (χ1) is 7.74. The van der Waals surface area contributed by atoms with Crippen molar-refractivity contribution in [2.24, 2.45) is 0 Å². The predicted molar refractivity (Wildman–Crippen MR) is 61.7 cm³/mol. The topological polar surface area (TPSA) is 7.76 Å². The van der Waals surface area contributed by atoms with Gasteiger partial charge in [-0.1, -0.05) is 0 Å². The Kier molecular flexibility index (Phi) is 3.29. The fourth-order valence-electron chi connectivity index (χ4n) is 2.38. The molecule has 3 rings (SSSR count). The Bertz CT molecular complexity index is 513. The van der Waals surface area contributed by atoms with Crippen LogP contribution < -0.4 is 26.1 Å². The summed E-state index contributed by atoms with van der Waals surface area (Å²) in [5.41, 5.74) is 5.28. The molecule has 1 aliphatic rings. The molecule has 1 aliphatic heterocycles. The summed E-state index contributed by atoms with van der Waals surface area (Å²) in [4.78, 5) is 0. The van der Waals surface area contributed by atoms with Crippen molar-refractivity contribution in [1.82, 2.24) is 0 Å². The summed E-state index contributed by atoms with van der Waals surface area (Å²) < 4.78 is 4.69. The molecule has 0 amide bonds. The van der Waals surface area contributed by atoms with Crippen molar-refractivity contribution in [3.05, 3.63) is 47.8 Å². The van der Waals surface area contributed by atoms with Crippen molar-refractivity contribution in [3.8, 4) is 11.4 Å². The number of rotatable bonds is 0. The molecule has 0 aliphatic carbocycles. The average molecular weight is 292 g/mol. The molecule has 0 bridgehead atoms. The zero-order valence-corrected chi connectivity index (χ0v) is 11.7. The first-order valence-electron chi connectivity index (χ1n) is 5.74. The van der Waals surface area contributed by atoms with E-state index in [0.29, 0.717) is 0 Å². The Morgan fingerprint density at radius 1 is 0.765 bits per heavy atom. The first kappa shape index (κ1) is 12.2. The van der Waals surface area contributed by atoms with Gasteiger partial charge in [0.25, 0.3) is 11.4 Å². The highest BCUT2D eigenvalue weighted by Gasteiger charge is 2.28. The van der Waals surface area contributed by atoms with E-state index in [1.165, 1.54) is 22.5 Å². The van der Waals surface area contributed by atoms with Crippen LogP contribution >= 0.6 is 0 Å². The quantitative estimate of drug-likeness (QED) is 0.526. The molecule has 3 heteroatoms. The number of hydrogen-bond acceptors (Lipinski definition) is 0. The van der Waals surface area contributed by atoms with Crippen molar-refractivity contribution in [3.63, 3.8) is 0 Å². The predicted octanol–water partition coefficient (Wildman–Crippen LogP) is -1.44. The number of halogens is 1. The number of aryl methyl sites for hydroxylation is 4. The lowest BCUT2D eigenvalue weighted by Gasteiger charge is -2.10. The summed E-state index contributed by atoms with van der Waals surface area (Å²) in [6, 6.07) is 8.80. The molecule has 0 spiro atoms. The van der Waals surface area contributed by atoms with Crippen LogP contribution in [0.5, 0.6) is 0 Å². The Hall–Kier alpha value is -1.22. The number of aromatic nitrogens is 2. The summed E-state index contributed by atoms with van der Waals surface area (Å²) in [5, 5.41) is 0. The number of hydrogen-bond donors (Lipinski definition) is 0. The van der Waals surface area contributed by atoms with Gasteiger partial charge in [-0.2, -0.15) is 9.13 Å². The standard InChI is InChI=1S/C14H16N2.BrH/c1-11-3-5-13-14-6-4-12(2)10-16(14)8-7-15(13)9-11;/h3-6,9-10H,7-8H2,1-2H3;1H/q+2;/p-1. The molecule has 2 nitrogen and oxygen atoms in total. The van der Waals surface area contributed by atoms with Gasteiger partial charge in [0, 0.05) is 23.3 Å². The molecular weight excluding hydrogens is 276 g/mol. The molecule has 0 saturated carbocycles. The molecule has 0 aromatic carbocycles. The van der Waals surface area contributed by atoms with Crippen LogP contribution in [0.1, 0.15) is 11.1 Å². The molecule has 3 heterocycles. The van der Waals surface area contributed by atoms with Crippen LogP contribution in [0.2, 0.25) is 0 Å². The van der Waals surface area contributed by atoms with Crippen molar-refractivity contribution in [1.29, 1.82) is 0 Å². The van der Waals surface area contributed by atoms with Gasteiger partial charge in [0.1, 0.15) is 0 Å². The third-order valence-corrected chi connectivity index (χ3v) is 3.19. The Morgan fingerprint density at radius 2 is 1.18 bits per heavy atom. The molecule has 0 unspecified atom stereocenters. The zero-order chi connectivity index (χ0) is 11.1. The second kappa shape index (κ2) is 4.57. The van der Waals surface area contributed by atoms with E-state index >= 15 is 0 Å². The van der Waals surface area contributed by atoms with Crippen LogP contribution in [-0.4, -0.2) is 0 Å². The molecule has 0 fully saturated rings. The van der Waals surface area contributed by atoms with Gasteiger partial charge >= 0.3 is 0 Å². The molecule has 0 N–H and O–H groups in total. The zero-order valence-electron chi connectivity index (χ0n) is 10.2. The fraction of sp³-hybridized carbons (Fsp3) is 0.286. The van der Waals surface area contributed by atoms with E-state index in [-0.39, 0.29) is 17.0 Å². The molecule has 0 saturated heterocycles. The lowest BCUT2D eigenvalue weighted by Crippen LogP contribution is -3.00. The number of nitrogens with zero attached hydrogens (tertiary/aromatic N) is 2. The summed E-state index contributed by atoms with van der Waals surface area (Å²) in [5.74, 6) is 0. The molecule has 2 aromatic rings. The summed E-state index contributed by atoms with van der Waals surface area (Å²) >= 11 is 0. The number of fused-ring (bicyclic) bond motifs is 3. The van der Waals surface area contributed by atoms with Gasteiger partial charge in [0.2, 0.25) is 13.1 Å². The van der Waals surface area contributed by atoms with Crippen LogP contribution in [0, 0.1) is 13.8 Å². The molecule has 0 radical (unpaired) electrons. The highest BCUT2D eigenvalue weighted by atomic mass is 79.9. The van der Waals surface area contributed by atoms with Gasteiger partial charge in [-0.05, 0) is 26.0 Å². The third kappa shape index (κ3) is 2.12. The summed E-state index contributed by atoms with van der Waals surface area (Å²) in [6.07, 6.45) is 4.47. The maximum atomic E-state index is 2.35. The normalized spacial score (nSPS) is 12.4. The molecule has 2 aromatic heterocycles. The Balaban J connectivity index is 0.00000108. The van der Waals surface area contributed by atoms with E-state index in [1.54, 1.807) is 0 Å². The lowest BCUT2D eigenvalue weighted by molar-refractivity contribution is -0.795. The summed E-state index contributed by atoms with van der Waals surface area (Å²) in [7, 11) is 0. The van der Waals surface area contributed by atoms with Gasteiger partial charge in [0.05, 0.1) is 0 Å². The van der Waals surface area contributed by atoms with E-state index < -0.39 is 0 Å². The van der Waals surface area contributed by atoms with Crippen molar-refractivity contribution >= 4 is 0 Å². The van der Waals surface area contributed by atoms with E-state index in [4.69, 9.17) is 0 Å². The molecule has 17 heavy (non-hydrogen) atoms. The molecular formula is C14H16BrN2+. The van der Waals surface area contributed by atoms with Crippen LogP contribution in [0.3, 0.4) is 0 Å². The van der Waals surface area contributed by atoms with Gasteiger partial charge in [-0.25, -0.2) is 0 Å². The Labute approximate surface area is 112 Å². The van der Waals surface area contributed by atoms with Gasteiger partial charge in [-0.15, -0.1) is 0 Å². The first-order valence-corrected chi connectivity index (χ1v) is 5.74. The second-order valence-electron chi connectivity index (χ2n) is 4.57. The monoisotopic (exact) mass is 291 g/mol. The van der Waals surface area contributed by atoms with Gasteiger partial charge < -0.3 is 17.0 Å². The van der Waals surface area contributed by atoms with E-state index in [1.807, 2.05) is 0 Å². The van der Waals surface area contributed by atoms with Gasteiger partial charge in [-0.3, -0.25) is 0 Å². The van der Waals surface area contributed by atoms with Crippen molar-refractivity contribution in [2.75, 3.05) is 0 Å². The van der Waals surface area contributed by atoms with Crippen LogP contribution in [0.25, 0.3) is 11.4 Å². The molecule has 0 atom stereocenters. The maximum Gasteiger partial charge on any atom is 0.277 e. The van der Waals surface area contributed by atoms with E-state index in [9.17, 15) is 0 Å². The minimum Gasteiger partial charge on any atom is -1.00 e. The number of pyridine rings is 2. The lowest BCUT2D eigenvalue weighted by atomic mass is 10.1. The highest BCUT2D eigenvalue weighted by Crippen LogP contribution is 2.14. The van der Waals surface area contributed by atoms with Crippen LogP contribution in [0.4, 0.5) is 0 Å². The molecule has 88 valence electrons. The van der Waals surface area contributed by atoms with Crippen LogP contribution in [0.15, 0.2) is 36.7 Å². The maximum absolute atomic E-state index is 2.35. The SMILES string of the molecule is Cc1ccc2[n+](c1)CC[n+]1cc(C)ccc1-2.[Br-]. The smallest absolute Gasteiger partial charge is 0.277 e. The van der Waals surface area contributed by atoms with E-state index in [0.717, 1.165) is 13.1 Å². The van der Waals surface area contributed by atoms with E-state index in [2.05, 4.69) is 59.6 Å². The van der Waals surface area contributed by atoms with Crippen molar-refractivity contribution < 1.29 is 26.1 Å². The fourth-order valence-corrected chi connectivity index (χ4v) is 2.38. The highest BCUT2D eigenvalue weighted by molar-refractivity contribution is 5.47. The largest absolute Gasteiger partial charge is 1.00 e. The Morgan fingerprint density at radius 3 is 1.59 bits per heavy atom.